The molecule has 0 bridgehead atoms. The van der Waals surface area contributed by atoms with E-state index in [1.54, 1.807) is 0 Å². The second-order valence-electron chi connectivity index (χ2n) is 8.51. The number of rotatable bonds is 4. The summed E-state index contributed by atoms with van der Waals surface area (Å²) in [5.74, 6) is 2.78. The topological polar surface area (TPSA) is 15.3 Å². The Balaban J connectivity index is 1.59. The molecule has 1 N–H and O–H groups in total. The zero-order chi connectivity index (χ0) is 14.6. The fourth-order valence-electron chi connectivity index (χ4n) is 4.16. The summed E-state index contributed by atoms with van der Waals surface area (Å²) in [6.07, 6.45) is 8.59. The molecule has 2 nitrogen and oxygen atoms in total. The molecule has 1 aliphatic heterocycles. The number of piperidine rings is 1. The minimum Gasteiger partial charge on any atom is -0.316 e. The predicted octanol–water partition coefficient (Wildman–Crippen LogP) is 3.77. The van der Waals surface area contributed by atoms with Gasteiger partial charge >= 0.3 is 0 Å². The van der Waals surface area contributed by atoms with Crippen molar-refractivity contribution in [3.05, 3.63) is 0 Å². The van der Waals surface area contributed by atoms with Crippen molar-refractivity contribution >= 4 is 0 Å². The van der Waals surface area contributed by atoms with Crippen molar-refractivity contribution in [3.63, 3.8) is 0 Å². The fraction of sp³-hybridized carbons (Fsp3) is 1.00. The van der Waals surface area contributed by atoms with Gasteiger partial charge in [0.2, 0.25) is 0 Å². The molecule has 1 saturated carbocycles. The summed E-state index contributed by atoms with van der Waals surface area (Å²) < 4.78 is 0. The largest absolute Gasteiger partial charge is 0.316 e. The average molecular weight is 281 g/mol. The molecule has 20 heavy (non-hydrogen) atoms. The first-order valence-corrected chi connectivity index (χ1v) is 8.84. The van der Waals surface area contributed by atoms with Crippen LogP contribution < -0.4 is 5.32 Å². The SMILES string of the molecule is CN1CCCC(CNCC2CCC(C(C)(C)C)CC2)C1. The summed E-state index contributed by atoms with van der Waals surface area (Å²) in [5, 5.41) is 3.77. The molecule has 1 saturated heterocycles. The Morgan fingerprint density at radius 2 is 1.60 bits per heavy atom. The summed E-state index contributed by atoms with van der Waals surface area (Å²) >= 11 is 0. The van der Waals surface area contributed by atoms with Crippen LogP contribution in [0.2, 0.25) is 0 Å². The van der Waals surface area contributed by atoms with Gasteiger partial charge in [-0.3, -0.25) is 0 Å². The highest BCUT2D eigenvalue weighted by molar-refractivity contribution is 4.81. The maximum absolute atomic E-state index is 3.77. The van der Waals surface area contributed by atoms with E-state index in [9.17, 15) is 0 Å². The van der Waals surface area contributed by atoms with Gasteiger partial charge in [-0.15, -0.1) is 0 Å². The Hall–Kier alpha value is -0.0800. The highest BCUT2D eigenvalue weighted by atomic mass is 15.1. The summed E-state index contributed by atoms with van der Waals surface area (Å²) in [7, 11) is 2.26. The number of nitrogens with zero attached hydrogens (tertiary/aromatic N) is 1. The van der Waals surface area contributed by atoms with Crippen molar-refractivity contribution < 1.29 is 0 Å². The molecule has 2 aliphatic rings. The van der Waals surface area contributed by atoms with E-state index in [2.05, 4.69) is 38.0 Å². The molecule has 1 heterocycles. The van der Waals surface area contributed by atoms with Crippen LogP contribution >= 0.6 is 0 Å². The van der Waals surface area contributed by atoms with Crippen molar-refractivity contribution in [3.8, 4) is 0 Å². The van der Waals surface area contributed by atoms with Gasteiger partial charge in [0.05, 0.1) is 0 Å². The molecule has 0 aromatic carbocycles. The van der Waals surface area contributed by atoms with Gasteiger partial charge in [0, 0.05) is 6.54 Å². The lowest BCUT2D eigenvalue weighted by atomic mass is 9.70. The second kappa shape index (κ2) is 7.26. The van der Waals surface area contributed by atoms with Crippen LogP contribution in [0.15, 0.2) is 0 Å². The monoisotopic (exact) mass is 280 g/mol. The normalized spacial score (nSPS) is 33.3. The summed E-state index contributed by atoms with van der Waals surface area (Å²) in [4.78, 5) is 2.49. The third kappa shape index (κ3) is 5.04. The third-order valence-corrected chi connectivity index (χ3v) is 5.66. The van der Waals surface area contributed by atoms with Gasteiger partial charge < -0.3 is 10.2 Å². The van der Waals surface area contributed by atoms with Crippen LogP contribution in [0.1, 0.15) is 59.3 Å². The molecule has 1 aliphatic carbocycles. The first kappa shape index (κ1) is 16.3. The molecule has 0 spiro atoms. The van der Waals surface area contributed by atoms with E-state index in [4.69, 9.17) is 0 Å². The Morgan fingerprint density at radius 3 is 2.20 bits per heavy atom. The van der Waals surface area contributed by atoms with Crippen molar-refractivity contribution in [2.24, 2.45) is 23.2 Å². The molecule has 0 amide bonds. The van der Waals surface area contributed by atoms with Gasteiger partial charge in [-0.1, -0.05) is 20.8 Å². The van der Waals surface area contributed by atoms with Crippen LogP contribution in [0, 0.1) is 23.2 Å². The van der Waals surface area contributed by atoms with Crippen molar-refractivity contribution in [2.45, 2.75) is 59.3 Å². The zero-order valence-corrected chi connectivity index (χ0v) is 14.3. The van der Waals surface area contributed by atoms with Gasteiger partial charge in [0.15, 0.2) is 0 Å². The lowest BCUT2D eigenvalue weighted by Crippen LogP contribution is -2.39. The molecule has 2 heteroatoms. The molecule has 2 fully saturated rings. The van der Waals surface area contributed by atoms with E-state index in [1.807, 2.05) is 0 Å². The number of nitrogens with one attached hydrogen (secondary N) is 1. The van der Waals surface area contributed by atoms with Crippen molar-refractivity contribution in [1.29, 1.82) is 0 Å². The van der Waals surface area contributed by atoms with E-state index in [0.717, 1.165) is 17.8 Å². The van der Waals surface area contributed by atoms with Crippen molar-refractivity contribution in [1.82, 2.24) is 10.2 Å². The molecule has 0 aromatic rings. The predicted molar refractivity (Wildman–Crippen MR) is 88.0 cm³/mol. The molecule has 0 aromatic heterocycles. The van der Waals surface area contributed by atoms with Crippen LogP contribution in [0.5, 0.6) is 0 Å². The summed E-state index contributed by atoms with van der Waals surface area (Å²) in [5.41, 5.74) is 0.519. The van der Waals surface area contributed by atoms with E-state index < -0.39 is 0 Å². The van der Waals surface area contributed by atoms with Crippen LogP contribution in [-0.4, -0.2) is 38.1 Å². The molecule has 2 rings (SSSR count). The molecule has 1 unspecified atom stereocenters. The van der Waals surface area contributed by atoms with Crippen LogP contribution in [0.4, 0.5) is 0 Å². The molecular formula is C18H36N2. The summed E-state index contributed by atoms with van der Waals surface area (Å²) in [6, 6.07) is 0. The molecule has 0 radical (unpaired) electrons. The van der Waals surface area contributed by atoms with Gasteiger partial charge in [-0.2, -0.15) is 0 Å². The molecular weight excluding hydrogens is 244 g/mol. The standard InChI is InChI=1S/C18H36N2/c1-18(2,3)17-9-7-15(8-10-17)12-19-13-16-6-5-11-20(4)14-16/h15-17,19H,5-14H2,1-4H3. The van der Waals surface area contributed by atoms with Gasteiger partial charge in [0.1, 0.15) is 0 Å². The lowest BCUT2D eigenvalue weighted by molar-refractivity contribution is 0.146. The maximum Gasteiger partial charge on any atom is 0.00187 e. The van der Waals surface area contributed by atoms with E-state index in [1.165, 1.54) is 64.7 Å². The number of hydrogen-bond donors (Lipinski definition) is 1. The first-order chi connectivity index (χ1) is 9.45. The molecule has 1 atom stereocenters. The van der Waals surface area contributed by atoms with Crippen LogP contribution in [0.3, 0.4) is 0 Å². The molecule has 118 valence electrons. The Bertz CT molecular complexity index is 274. The average Bonchev–Trinajstić information content (AvgIpc) is 2.38. The van der Waals surface area contributed by atoms with Gasteiger partial charge in [-0.25, -0.2) is 0 Å². The van der Waals surface area contributed by atoms with E-state index in [0.29, 0.717) is 5.41 Å². The minimum atomic E-state index is 0.519. The van der Waals surface area contributed by atoms with Crippen LogP contribution in [-0.2, 0) is 0 Å². The Kier molecular flexibility index (Phi) is 5.92. The number of hydrogen-bond acceptors (Lipinski definition) is 2. The lowest BCUT2D eigenvalue weighted by Gasteiger charge is -2.37. The fourth-order valence-corrected chi connectivity index (χ4v) is 4.16. The quantitative estimate of drug-likeness (QED) is 0.843. The zero-order valence-electron chi connectivity index (χ0n) is 14.3. The van der Waals surface area contributed by atoms with Crippen molar-refractivity contribution in [2.75, 3.05) is 33.2 Å². The summed E-state index contributed by atoms with van der Waals surface area (Å²) in [6.45, 7) is 12.3. The number of likely N-dealkylation sites (tertiary alicyclic amines) is 1. The Morgan fingerprint density at radius 1 is 0.950 bits per heavy atom. The smallest absolute Gasteiger partial charge is 0.00187 e. The minimum absolute atomic E-state index is 0.519. The van der Waals surface area contributed by atoms with Gasteiger partial charge in [0.25, 0.3) is 0 Å². The maximum atomic E-state index is 3.77. The Labute approximate surface area is 126 Å². The van der Waals surface area contributed by atoms with E-state index >= 15 is 0 Å². The highest BCUT2D eigenvalue weighted by Gasteiger charge is 2.29. The van der Waals surface area contributed by atoms with E-state index in [-0.39, 0.29) is 0 Å². The van der Waals surface area contributed by atoms with Gasteiger partial charge in [-0.05, 0) is 88.4 Å². The third-order valence-electron chi connectivity index (χ3n) is 5.66. The second-order valence-corrected chi connectivity index (χ2v) is 8.51. The van der Waals surface area contributed by atoms with Crippen LogP contribution in [0.25, 0.3) is 0 Å². The first-order valence-electron chi connectivity index (χ1n) is 8.84. The highest BCUT2D eigenvalue weighted by Crippen LogP contribution is 2.39.